The lowest BCUT2D eigenvalue weighted by Gasteiger charge is -2.60. The van der Waals surface area contributed by atoms with Crippen molar-refractivity contribution in [3.05, 3.63) is 0 Å². The maximum Gasteiger partial charge on any atom is 0.407 e. The van der Waals surface area contributed by atoms with E-state index in [2.05, 4.69) is 5.32 Å². The molecule has 0 bridgehead atoms. The second-order valence-corrected chi connectivity index (χ2v) is 6.13. The van der Waals surface area contributed by atoms with Gasteiger partial charge < -0.3 is 15.8 Å². The molecule has 1 spiro atoms. The van der Waals surface area contributed by atoms with Gasteiger partial charge in [-0.05, 0) is 40.0 Å². The highest BCUT2D eigenvalue weighted by atomic mass is 16.6. The van der Waals surface area contributed by atoms with E-state index in [0.717, 1.165) is 19.3 Å². The Morgan fingerprint density at radius 1 is 1.44 bits per heavy atom. The summed E-state index contributed by atoms with van der Waals surface area (Å²) >= 11 is 0. The van der Waals surface area contributed by atoms with Crippen molar-refractivity contribution < 1.29 is 9.53 Å². The largest absolute Gasteiger partial charge is 0.444 e. The van der Waals surface area contributed by atoms with Crippen LogP contribution in [0.2, 0.25) is 0 Å². The van der Waals surface area contributed by atoms with Crippen molar-refractivity contribution in [3.8, 4) is 0 Å². The molecule has 0 aromatic rings. The summed E-state index contributed by atoms with van der Waals surface area (Å²) in [6.45, 7) is 5.62. The van der Waals surface area contributed by atoms with E-state index in [-0.39, 0.29) is 23.6 Å². The van der Waals surface area contributed by atoms with E-state index in [0.29, 0.717) is 0 Å². The van der Waals surface area contributed by atoms with Gasteiger partial charge in [-0.3, -0.25) is 0 Å². The van der Waals surface area contributed by atoms with Crippen LogP contribution in [-0.4, -0.2) is 23.8 Å². The van der Waals surface area contributed by atoms with Crippen LogP contribution < -0.4 is 11.1 Å². The average Bonchev–Trinajstić information content (AvgIpc) is 1.95. The minimum Gasteiger partial charge on any atom is -0.444 e. The normalized spacial score (nSPS) is 31.5. The van der Waals surface area contributed by atoms with Crippen LogP contribution in [0.25, 0.3) is 0 Å². The van der Waals surface area contributed by atoms with Gasteiger partial charge >= 0.3 is 6.09 Å². The van der Waals surface area contributed by atoms with Gasteiger partial charge in [0.25, 0.3) is 0 Å². The lowest BCUT2D eigenvalue weighted by molar-refractivity contribution is -0.0462. The smallest absolute Gasteiger partial charge is 0.407 e. The van der Waals surface area contributed by atoms with Crippen LogP contribution in [-0.2, 0) is 4.74 Å². The summed E-state index contributed by atoms with van der Waals surface area (Å²) in [6, 6.07) is 0.493. The Balaban J connectivity index is 1.85. The summed E-state index contributed by atoms with van der Waals surface area (Å²) in [4.78, 5) is 11.6. The first-order valence-electron chi connectivity index (χ1n) is 6.09. The molecule has 0 aliphatic heterocycles. The fourth-order valence-electron chi connectivity index (χ4n) is 2.78. The van der Waals surface area contributed by atoms with Gasteiger partial charge in [-0.15, -0.1) is 0 Å². The molecule has 0 saturated heterocycles. The summed E-state index contributed by atoms with van der Waals surface area (Å²) in [7, 11) is 0. The van der Waals surface area contributed by atoms with E-state index in [1.807, 2.05) is 20.8 Å². The highest BCUT2D eigenvalue weighted by molar-refractivity contribution is 5.68. The second-order valence-electron chi connectivity index (χ2n) is 6.13. The Kier molecular flexibility index (Phi) is 2.65. The third kappa shape index (κ3) is 1.90. The molecule has 0 heterocycles. The monoisotopic (exact) mass is 226 g/mol. The zero-order valence-electron chi connectivity index (χ0n) is 10.4. The number of carbonyl (C=O) groups is 1. The molecule has 2 aliphatic carbocycles. The molecule has 0 aromatic carbocycles. The van der Waals surface area contributed by atoms with Gasteiger partial charge in [-0.1, -0.05) is 6.42 Å². The molecule has 3 N–H and O–H groups in total. The highest BCUT2D eigenvalue weighted by Gasteiger charge is 2.57. The Morgan fingerprint density at radius 3 is 2.44 bits per heavy atom. The first-order valence-corrected chi connectivity index (χ1v) is 6.09. The van der Waals surface area contributed by atoms with Crippen molar-refractivity contribution in [1.29, 1.82) is 0 Å². The molecule has 92 valence electrons. The topological polar surface area (TPSA) is 64.3 Å². The number of hydrogen-bond donors (Lipinski definition) is 2. The Hall–Kier alpha value is -0.770. The van der Waals surface area contributed by atoms with Crippen LogP contribution in [0.5, 0.6) is 0 Å². The number of rotatable bonds is 1. The molecule has 16 heavy (non-hydrogen) atoms. The summed E-state index contributed by atoms with van der Waals surface area (Å²) < 4.78 is 5.25. The average molecular weight is 226 g/mol. The predicted molar refractivity (Wildman–Crippen MR) is 62.0 cm³/mol. The van der Waals surface area contributed by atoms with Gasteiger partial charge in [-0.25, -0.2) is 4.79 Å². The van der Waals surface area contributed by atoms with E-state index in [1.54, 1.807) is 0 Å². The van der Waals surface area contributed by atoms with Crippen LogP contribution in [0.1, 0.15) is 46.5 Å². The molecule has 1 amide bonds. The lowest BCUT2D eigenvalue weighted by Crippen LogP contribution is -2.70. The quantitative estimate of drug-likeness (QED) is 0.716. The van der Waals surface area contributed by atoms with Gasteiger partial charge in [-0.2, -0.15) is 0 Å². The maximum absolute atomic E-state index is 11.6. The van der Waals surface area contributed by atoms with E-state index in [1.165, 1.54) is 6.42 Å². The molecule has 4 heteroatoms. The number of nitrogens with one attached hydrogen (secondary N) is 1. The fourth-order valence-corrected chi connectivity index (χ4v) is 2.78. The zero-order valence-corrected chi connectivity index (χ0v) is 10.4. The Bertz CT molecular complexity index is 292. The van der Waals surface area contributed by atoms with Gasteiger partial charge in [0.2, 0.25) is 0 Å². The van der Waals surface area contributed by atoms with Crippen LogP contribution in [0.4, 0.5) is 4.79 Å². The van der Waals surface area contributed by atoms with Crippen LogP contribution in [0.15, 0.2) is 0 Å². The molecule has 2 rings (SSSR count). The van der Waals surface area contributed by atoms with Gasteiger partial charge in [0.05, 0.1) is 0 Å². The predicted octanol–water partition coefficient (Wildman–Crippen LogP) is 1.78. The van der Waals surface area contributed by atoms with E-state index >= 15 is 0 Å². The van der Waals surface area contributed by atoms with Crippen LogP contribution in [0.3, 0.4) is 0 Å². The van der Waals surface area contributed by atoms with E-state index < -0.39 is 5.60 Å². The van der Waals surface area contributed by atoms with Crippen LogP contribution >= 0.6 is 0 Å². The highest BCUT2D eigenvalue weighted by Crippen LogP contribution is 2.55. The number of alkyl carbamates (subject to hydrolysis) is 1. The molecule has 4 nitrogen and oxygen atoms in total. The molecule has 2 atom stereocenters. The zero-order chi connectivity index (χ0) is 12.0. The Morgan fingerprint density at radius 2 is 2.06 bits per heavy atom. The molecule has 0 radical (unpaired) electrons. The SMILES string of the molecule is CC(C)(C)OC(=O)NC1CC(N)C12CCC2. The molecular formula is C12H22N2O2. The fraction of sp³-hybridized carbons (Fsp3) is 0.917. The molecule has 0 aromatic heterocycles. The third-order valence-corrected chi connectivity index (χ3v) is 3.90. The summed E-state index contributed by atoms with van der Waals surface area (Å²) in [5.41, 5.74) is 5.78. The van der Waals surface area contributed by atoms with Gasteiger partial charge in [0, 0.05) is 17.5 Å². The maximum atomic E-state index is 11.6. The molecule has 2 saturated carbocycles. The van der Waals surface area contributed by atoms with Crippen molar-refractivity contribution in [1.82, 2.24) is 5.32 Å². The first kappa shape index (κ1) is 11.7. The number of hydrogen-bond acceptors (Lipinski definition) is 3. The summed E-state index contributed by atoms with van der Waals surface area (Å²) in [5, 5.41) is 2.95. The van der Waals surface area contributed by atoms with Crippen molar-refractivity contribution in [3.63, 3.8) is 0 Å². The summed E-state index contributed by atoms with van der Waals surface area (Å²) in [6.07, 6.45) is 4.11. The standard InChI is InChI=1S/C12H22N2O2/c1-11(2,3)16-10(15)14-9-7-8(13)12(9)5-4-6-12/h8-9H,4-7,13H2,1-3H3,(H,14,15). The van der Waals surface area contributed by atoms with Crippen molar-refractivity contribution in [2.24, 2.45) is 11.1 Å². The second kappa shape index (κ2) is 3.62. The van der Waals surface area contributed by atoms with E-state index in [4.69, 9.17) is 10.5 Å². The number of ether oxygens (including phenoxy) is 1. The molecule has 2 fully saturated rings. The lowest BCUT2D eigenvalue weighted by atomic mass is 9.50. The van der Waals surface area contributed by atoms with Crippen molar-refractivity contribution in [2.45, 2.75) is 64.1 Å². The van der Waals surface area contributed by atoms with E-state index in [9.17, 15) is 4.79 Å². The minimum absolute atomic E-state index is 0.191. The summed E-state index contributed by atoms with van der Waals surface area (Å²) in [5.74, 6) is 0. The van der Waals surface area contributed by atoms with Gasteiger partial charge in [0.1, 0.15) is 5.60 Å². The number of nitrogens with two attached hydrogens (primary N) is 1. The number of amides is 1. The van der Waals surface area contributed by atoms with Gasteiger partial charge in [0.15, 0.2) is 0 Å². The first-order chi connectivity index (χ1) is 7.33. The van der Waals surface area contributed by atoms with Crippen molar-refractivity contribution >= 4 is 6.09 Å². The third-order valence-electron chi connectivity index (χ3n) is 3.90. The minimum atomic E-state index is -0.428. The molecule has 2 aliphatic rings. The molecular weight excluding hydrogens is 204 g/mol. The van der Waals surface area contributed by atoms with Crippen LogP contribution in [0, 0.1) is 5.41 Å². The number of carbonyl (C=O) groups excluding carboxylic acids is 1. The molecule has 2 unspecified atom stereocenters. The van der Waals surface area contributed by atoms with Crippen molar-refractivity contribution in [2.75, 3.05) is 0 Å². The Labute approximate surface area is 96.9 Å².